The molecule has 0 saturated heterocycles. The molecule has 0 spiro atoms. The minimum atomic E-state index is -0.384. The van der Waals surface area contributed by atoms with Gasteiger partial charge in [0.15, 0.2) is 0 Å². The lowest BCUT2D eigenvalue weighted by atomic mass is 9.99. The number of aryl methyl sites for hydroxylation is 1. The second kappa shape index (κ2) is 5.29. The Morgan fingerprint density at radius 1 is 1.15 bits per heavy atom. The van der Waals surface area contributed by atoms with Gasteiger partial charge in [-0.15, -0.1) is 0 Å². The summed E-state index contributed by atoms with van der Waals surface area (Å²) in [6, 6.07) is 16.4. The minimum Gasteiger partial charge on any atom is -0.496 e. The fourth-order valence-corrected chi connectivity index (χ4v) is 2.98. The fourth-order valence-electron chi connectivity index (χ4n) is 2.98. The van der Waals surface area contributed by atoms with Crippen LogP contribution in [0.15, 0.2) is 48.5 Å². The van der Waals surface area contributed by atoms with E-state index >= 15 is 0 Å². The summed E-state index contributed by atoms with van der Waals surface area (Å²) in [5, 5.41) is 10.5. The Morgan fingerprint density at radius 3 is 2.55 bits per heavy atom. The van der Waals surface area contributed by atoms with Gasteiger partial charge in [0.25, 0.3) is 0 Å². The third kappa shape index (κ3) is 2.44. The van der Waals surface area contributed by atoms with Crippen LogP contribution >= 0.6 is 0 Å². The van der Waals surface area contributed by atoms with Crippen LogP contribution < -0.4 is 4.74 Å². The normalized spacial score (nSPS) is 22.4. The standard InChI is InChI=1S/C18H20O2/c1-12-10-14(8-9-17(12)20-2)18(19)16-11-15(16)13-6-4-3-5-7-13/h3-10,15-16,18-19H,11H2,1-2H3. The summed E-state index contributed by atoms with van der Waals surface area (Å²) in [6.45, 7) is 2.01. The molecule has 1 N–H and O–H groups in total. The van der Waals surface area contributed by atoms with Crippen molar-refractivity contribution in [3.8, 4) is 5.75 Å². The maximum Gasteiger partial charge on any atom is 0.121 e. The molecule has 104 valence electrons. The smallest absolute Gasteiger partial charge is 0.121 e. The average molecular weight is 268 g/mol. The van der Waals surface area contributed by atoms with Gasteiger partial charge in [-0.05, 0) is 54.0 Å². The van der Waals surface area contributed by atoms with Gasteiger partial charge in [-0.3, -0.25) is 0 Å². The number of methoxy groups -OCH3 is 1. The fraction of sp³-hybridized carbons (Fsp3) is 0.333. The second-order valence-electron chi connectivity index (χ2n) is 5.59. The van der Waals surface area contributed by atoms with Crippen molar-refractivity contribution in [2.24, 2.45) is 5.92 Å². The molecule has 0 heterocycles. The number of benzene rings is 2. The number of hydrogen-bond acceptors (Lipinski definition) is 2. The van der Waals surface area contributed by atoms with Crippen LogP contribution in [0.2, 0.25) is 0 Å². The van der Waals surface area contributed by atoms with Gasteiger partial charge >= 0.3 is 0 Å². The Kier molecular flexibility index (Phi) is 3.49. The second-order valence-corrected chi connectivity index (χ2v) is 5.59. The quantitative estimate of drug-likeness (QED) is 0.913. The van der Waals surface area contributed by atoms with E-state index in [0.717, 1.165) is 23.3 Å². The molecule has 2 heteroatoms. The zero-order valence-electron chi connectivity index (χ0n) is 11.9. The molecular formula is C18H20O2. The summed E-state index contributed by atoms with van der Waals surface area (Å²) < 4.78 is 5.26. The van der Waals surface area contributed by atoms with Crippen molar-refractivity contribution in [1.82, 2.24) is 0 Å². The summed E-state index contributed by atoms with van der Waals surface area (Å²) in [5.41, 5.74) is 3.40. The molecule has 2 nitrogen and oxygen atoms in total. The Morgan fingerprint density at radius 2 is 1.90 bits per heavy atom. The lowest BCUT2D eigenvalue weighted by molar-refractivity contribution is 0.151. The molecule has 2 aromatic rings. The number of ether oxygens (including phenoxy) is 1. The molecule has 3 rings (SSSR count). The van der Waals surface area contributed by atoms with E-state index in [-0.39, 0.29) is 6.10 Å². The zero-order chi connectivity index (χ0) is 14.1. The molecule has 0 amide bonds. The number of aliphatic hydroxyl groups excluding tert-OH is 1. The highest BCUT2D eigenvalue weighted by Crippen LogP contribution is 2.54. The Labute approximate surface area is 120 Å². The molecule has 0 bridgehead atoms. The first-order chi connectivity index (χ1) is 9.70. The monoisotopic (exact) mass is 268 g/mol. The van der Waals surface area contributed by atoms with Gasteiger partial charge in [0, 0.05) is 0 Å². The van der Waals surface area contributed by atoms with Crippen LogP contribution in [0.4, 0.5) is 0 Å². The summed E-state index contributed by atoms with van der Waals surface area (Å²) in [7, 11) is 1.67. The highest BCUT2D eigenvalue weighted by Gasteiger charge is 2.43. The maximum absolute atomic E-state index is 10.5. The minimum absolute atomic E-state index is 0.338. The van der Waals surface area contributed by atoms with E-state index in [1.807, 2.05) is 31.2 Å². The molecule has 0 radical (unpaired) electrons. The number of hydrogen-bond donors (Lipinski definition) is 1. The lowest BCUT2D eigenvalue weighted by Gasteiger charge is -2.13. The van der Waals surface area contributed by atoms with Crippen LogP contribution in [-0.2, 0) is 0 Å². The highest BCUT2D eigenvalue weighted by molar-refractivity contribution is 5.38. The van der Waals surface area contributed by atoms with Crippen molar-refractivity contribution in [3.63, 3.8) is 0 Å². The lowest BCUT2D eigenvalue weighted by Crippen LogP contribution is -2.02. The molecule has 20 heavy (non-hydrogen) atoms. The topological polar surface area (TPSA) is 29.5 Å². The van der Waals surface area contributed by atoms with Gasteiger partial charge in [0.05, 0.1) is 13.2 Å². The number of rotatable bonds is 4. The van der Waals surface area contributed by atoms with E-state index in [0.29, 0.717) is 11.8 Å². The van der Waals surface area contributed by atoms with E-state index < -0.39 is 0 Å². The number of aliphatic hydroxyl groups is 1. The molecule has 1 aliphatic carbocycles. The third-order valence-electron chi connectivity index (χ3n) is 4.23. The Balaban J connectivity index is 1.75. The van der Waals surface area contributed by atoms with E-state index in [2.05, 4.69) is 24.3 Å². The van der Waals surface area contributed by atoms with Crippen molar-refractivity contribution in [1.29, 1.82) is 0 Å². The summed E-state index contributed by atoms with van der Waals surface area (Å²) >= 11 is 0. The molecule has 1 fully saturated rings. The van der Waals surface area contributed by atoms with Crippen LogP contribution in [0, 0.1) is 12.8 Å². The largest absolute Gasteiger partial charge is 0.496 e. The van der Waals surface area contributed by atoms with Gasteiger partial charge in [-0.25, -0.2) is 0 Å². The van der Waals surface area contributed by atoms with Gasteiger partial charge in [0.1, 0.15) is 5.75 Å². The SMILES string of the molecule is COc1ccc(C(O)C2CC2c2ccccc2)cc1C. The van der Waals surface area contributed by atoms with Crippen molar-refractivity contribution in [3.05, 3.63) is 65.2 Å². The van der Waals surface area contributed by atoms with Gasteiger partial charge in [-0.1, -0.05) is 36.4 Å². The first-order valence-electron chi connectivity index (χ1n) is 7.08. The van der Waals surface area contributed by atoms with E-state index in [1.54, 1.807) is 7.11 Å². The first-order valence-corrected chi connectivity index (χ1v) is 7.08. The molecule has 2 aromatic carbocycles. The van der Waals surface area contributed by atoms with Crippen LogP contribution in [0.25, 0.3) is 0 Å². The zero-order valence-corrected chi connectivity index (χ0v) is 11.9. The van der Waals surface area contributed by atoms with Crippen molar-refractivity contribution in [2.75, 3.05) is 7.11 Å². The third-order valence-corrected chi connectivity index (χ3v) is 4.23. The van der Waals surface area contributed by atoms with E-state index in [9.17, 15) is 5.11 Å². The van der Waals surface area contributed by atoms with Crippen molar-refractivity contribution in [2.45, 2.75) is 25.4 Å². The first kappa shape index (κ1) is 13.2. The Bertz CT molecular complexity index is 592. The molecular weight excluding hydrogens is 248 g/mol. The van der Waals surface area contributed by atoms with E-state index in [4.69, 9.17) is 4.74 Å². The molecule has 3 unspecified atom stereocenters. The predicted octanol–water partition coefficient (Wildman–Crippen LogP) is 3.84. The highest BCUT2D eigenvalue weighted by atomic mass is 16.5. The van der Waals surface area contributed by atoms with Crippen LogP contribution in [0.1, 0.15) is 35.1 Å². The van der Waals surface area contributed by atoms with Gasteiger partial charge < -0.3 is 9.84 Å². The molecule has 1 saturated carbocycles. The summed E-state index contributed by atoms with van der Waals surface area (Å²) in [5.74, 6) is 1.70. The van der Waals surface area contributed by atoms with E-state index in [1.165, 1.54) is 5.56 Å². The molecule has 0 aliphatic heterocycles. The van der Waals surface area contributed by atoms with Crippen LogP contribution in [0.5, 0.6) is 5.75 Å². The predicted molar refractivity (Wildman–Crippen MR) is 80.0 cm³/mol. The maximum atomic E-state index is 10.5. The van der Waals surface area contributed by atoms with Crippen molar-refractivity contribution >= 4 is 0 Å². The molecule has 1 aliphatic rings. The summed E-state index contributed by atoms with van der Waals surface area (Å²) in [6.07, 6.45) is 0.681. The van der Waals surface area contributed by atoms with Gasteiger partial charge in [-0.2, -0.15) is 0 Å². The summed E-state index contributed by atoms with van der Waals surface area (Å²) in [4.78, 5) is 0. The van der Waals surface area contributed by atoms with Gasteiger partial charge in [0.2, 0.25) is 0 Å². The average Bonchev–Trinajstić information content (AvgIpc) is 3.28. The van der Waals surface area contributed by atoms with Crippen LogP contribution in [-0.4, -0.2) is 12.2 Å². The molecule has 3 atom stereocenters. The molecule has 0 aromatic heterocycles. The van der Waals surface area contributed by atoms with Crippen molar-refractivity contribution < 1.29 is 9.84 Å². The Hall–Kier alpha value is -1.80. The van der Waals surface area contributed by atoms with Crippen LogP contribution in [0.3, 0.4) is 0 Å².